The summed E-state index contributed by atoms with van der Waals surface area (Å²) in [6.07, 6.45) is 0. The first-order valence-electron chi connectivity index (χ1n) is 28.5. The van der Waals surface area contributed by atoms with Gasteiger partial charge in [-0.25, -0.2) is 0 Å². The molecule has 2 aliphatic carbocycles. The lowest BCUT2D eigenvalue weighted by Gasteiger charge is -2.45. The summed E-state index contributed by atoms with van der Waals surface area (Å²) in [6.45, 7) is 6.95. The van der Waals surface area contributed by atoms with Crippen LogP contribution in [0.3, 0.4) is 0 Å². The van der Waals surface area contributed by atoms with Gasteiger partial charge in [0.1, 0.15) is 0 Å². The molecule has 3 heterocycles. The van der Waals surface area contributed by atoms with Crippen LogP contribution in [0.4, 0.5) is 34.1 Å². The zero-order valence-corrected chi connectivity index (χ0v) is 45.4. The van der Waals surface area contributed by atoms with Gasteiger partial charge in [-0.15, -0.1) is 0 Å². The fourth-order valence-corrected chi connectivity index (χ4v) is 14.9. The van der Waals surface area contributed by atoms with Crippen LogP contribution in [0, 0.1) is 0 Å². The van der Waals surface area contributed by atoms with Gasteiger partial charge in [-0.2, -0.15) is 0 Å². The van der Waals surface area contributed by atoms with E-state index in [-0.39, 0.29) is 12.1 Å². The Balaban J connectivity index is 1.02. The van der Waals surface area contributed by atoms with Crippen molar-refractivity contribution in [3.63, 3.8) is 0 Å². The van der Waals surface area contributed by atoms with Crippen molar-refractivity contribution in [2.45, 2.75) is 31.6 Å². The SMILES string of the molecule is CC(C)(C)c1ccc2c(c1)N(c1cccc3c1-c1ccccc1C31c3ccccc3-c3ccccc31)c1cc(-n3c4ccccc4c4ccccc43)cc3c1B2c1cc(-c2ccccc2)ccc1N3c1ccc(-c2ccccc2)cc1. The highest BCUT2D eigenvalue weighted by Gasteiger charge is 2.53. The van der Waals surface area contributed by atoms with E-state index in [0.717, 1.165) is 11.4 Å². The van der Waals surface area contributed by atoms with Crippen molar-refractivity contribution in [3.05, 3.63) is 301 Å². The molecule has 0 bridgehead atoms. The second kappa shape index (κ2) is 17.1. The Morgan fingerprint density at radius 3 is 1.49 bits per heavy atom. The molecule has 0 fully saturated rings. The number of fused-ring (bicyclic) bond motifs is 17. The fourth-order valence-electron chi connectivity index (χ4n) is 14.9. The topological polar surface area (TPSA) is 11.4 Å². The number of hydrogen-bond donors (Lipinski definition) is 0. The molecule has 380 valence electrons. The molecule has 1 aromatic heterocycles. The molecule has 0 atom stereocenters. The molecule has 0 amide bonds. The van der Waals surface area contributed by atoms with Gasteiger partial charge in [0.15, 0.2) is 0 Å². The molecule has 0 saturated carbocycles. The molecular weight excluding hydrogens is 978 g/mol. The van der Waals surface area contributed by atoms with Gasteiger partial charge in [-0.05, 0) is 143 Å². The Morgan fingerprint density at radius 1 is 0.333 bits per heavy atom. The summed E-state index contributed by atoms with van der Waals surface area (Å²) in [6, 6.07) is 103. The van der Waals surface area contributed by atoms with Gasteiger partial charge in [0.25, 0.3) is 6.71 Å². The third kappa shape index (κ3) is 6.42. The predicted octanol–water partition coefficient (Wildman–Crippen LogP) is 17.8. The zero-order valence-electron chi connectivity index (χ0n) is 45.4. The maximum absolute atomic E-state index is 2.70. The van der Waals surface area contributed by atoms with Gasteiger partial charge in [-0.3, -0.25) is 0 Å². The van der Waals surface area contributed by atoms with Crippen LogP contribution in [0.1, 0.15) is 48.6 Å². The van der Waals surface area contributed by atoms with Gasteiger partial charge in [-0.1, -0.05) is 239 Å². The number of para-hydroxylation sites is 2. The van der Waals surface area contributed by atoms with Gasteiger partial charge in [0.2, 0.25) is 0 Å². The number of benzene rings is 12. The molecular formula is C77H54BN3. The standard InChI is InChI=1S/C77H54BN3/c1-76(2,3)53-40-43-65-71(46-53)81(70-36-20-33-64-74(70)60-29-12-17-32-63(60)77(64)61-30-15-10-25-56(61)57-26-11-16-31-62(57)77)73-48-55(80-67-34-18-13-27-58(67)59-28-14-19-35-68(59)80)47-72-75(73)78(65)66-45-52(50-23-8-5-9-24-50)39-44-69(66)79(72)54-41-37-51(38-42-54)49-21-6-4-7-22-49/h4-48H,1-3H3. The van der Waals surface area contributed by atoms with Crippen LogP contribution in [0.25, 0.3) is 72.0 Å². The number of anilines is 6. The molecule has 0 N–H and O–H groups in total. The maximum Gasteiger partial charge on any atom is 0.252 e. The Hall–Kier alpha value is -9.90. The van der Waals surface area contributed by atoms with Crippen molar-refractivity contribution in [1.82, 2.24) is 4.57 Å². The highest BCUT2D eigenvalue weighted by molar-refractivity contribution is 7.00. The van der Waals surface area contributed by atoms with Crippen molar-refractivity contribution in [1.29, 1.82) is 0 Å². The predicted molar refractivity (Wildman–Crippen MR) is 341 cm³/mol. The Labute approximate surface area is 473 Å². The van der Waals surface area contributed by atoms with Gasteiger partial charge >= 0.3 is 0 Å². The molecule has 17 rings (SSSR count). The van der Waals surface area contributed by atoms with E-state index in [1.165, 1.54) is 139 Å². The van der Waals surface area contributed by atoms with Crippen LogP contribution in [0.2, 0.25) is 0 Å². The smallest absolute Gasteiger partial charge is 0.252 e. The minimum Gasteiger partial charge on any atom is -0.311 e. The van der Waals surface area contributed by atoms with Gasteiger partial charge < -0.3 is 14.4 Å². The van der Waals surface area contributed by atoms with E-state index < -0.39 is 5.41 Å². The van der Waals surface area contributed by atoms with Crippen LogP contribution in [-0.2, 0) is 10.8 Å². The number of aromatic nitrogens is 1. The van der Waals surface area contributed by atoms with Crippen LogP contribution < -0.4 is 26.2 Å². The maximum atomic E-state index is 2.70. The lowest BCUT2D eigenvalue weighted by atomic mass is 9.33. The third-order valence-electron chi connectivity index (χ3n) is 18.3. The number of hydrogen-bond acceptors (Lipinski definition) is 2. The highest BCUT2D eigenvalue weighted by Crippen LogP contribution is 2.65. The summed E-state index contributed by atoms with van der Waals surface area (Å²) in [5, 5.41) is 2.47. The van der Waals surface area contributed by atoms with E-state index in [1.54, 1.807) is 0 Å². The summed E-state index contributed by atoms with van der Waals surface area (Å²) in [5.41, 5.74) is 30.3. The Kier molecular flexibility index (Phi) is 9.70. The van der Waals surface area contributed by atoms with Gasteiger partial charge in [0, 0.05) is 44.8 Å². The fraction of sp³-hybridized carbons (Fsp3) is 0.0649. The lowest BCUT2D eigenvalue weighted by molar-refractivity contribution is 0.590. The highest BCUT2D eigenvalue weighted by atomic mass is 15.2. The zero-order chi connectivity index (χ0) is 53.7. The van der Waals surface area contributed by atoms with Crippen molar-refractivity contribution in [3.8, 4) is 50.2 Å². The van der Waals surface area contributed by atoms with E-state index in [9.17, 15) is 0 Å². The van der Waals surface area contributed by atoms with Crippen molar-refractivity contribution >= 4 is 79.0 Å². The third-order valence-corrected chi connectivity index (χ3v) is 18.3. The lowest BCUT2D eigenvalue weighted by Crippen LogP contribution is -2.61. The number of nitrogens with zero attached hydrogens (tertiary/aromatic N) is 3. The summed E-state index contributed by atoms with van der Waals surface area (Å²) in [5.74, 6) is 0. The van der Waals surface area contributed by atoms with E-state index in [2.05, 4.69) is 308 Å². The first-order valence-corrected chi connectivity index (χ1v) is 28.5. The molecule has 0 unspecified atom stereocenters. The molecule has 0 radical (unpaired) electrons. The molecule has 13 aromatic rings. The van der Waals surface area contributed by atoms with Crippen LogP contribution >= 0.6 is 0 Å². The van der Waals surface area contributed by atoms with E-state index in [1.807, 2.05) is 0 Å². The monoisotopic (exact) mass is 1030 g/mol. The van der Waals surface area contributed by atoms with E-state index in [4.69, 9.17) is 0 Å². The molecule has 2 aliphatic heterocycles. The minimum absolute atomic E-state index is 0.107. The summed E-state index contributed by atoms with van der Waals surface area (Å²) in [4.78, 5) is 5.27. The first-order chi connectivity index (χ1) is 39.8. The molecule has 3 nitrogen and oxygen atoms in total. The first kappa shape index (κ1) is 46.1. The van der Waals surface area contributed by atoms with E-state index >= 15 is 0 Å². The van der Waals surface area contributed by atoms with Gasteiger partial charge in [0.05, 0.1) is 27.8 Å². The minimum atomic E-state index is -0.511. The molecule has 12 aromatic carbocycles. The summed E-state index contributed by atoms with van der Waals surface area (Å²) >= 11 is 0. The summed E-state index contributed by atoms with van der Waals surface area (Å²) in [7, 11) is 0. The second-order valence-corrected chi connectivity index (χ2v) is 23.5. The quantitative estimate of drug-likeness (QED) is 0.159. The average Bonchev–Trinajstić information content (AvgIpc) is 3.49. The summed E-state index contributed by atoms with van der Waals surface area (Å²) < 4.78 is 2.52. The number of rotatable bonds is 5. The molecule has 81 heavy (non-hydrogen) atoms. The molecule has 0 saturated heterocycles. The second-order valence-electron chi connectivity index (χ2n) is 23.5. The van der Waals surface area contributed by atoms with Crippen molar-refractivity contribution < 1.29 is 0 Å². The van der Waals surface area contributed by atoms with E-state index in [0.29, 0.717) is 0 Å². The molecule has 4 heteroatoms. The largest absolute Gasteiger partial charge is 0.311 e. The van der Waals surface area contributed by atoms with Crippen molar-refractivity contribution in [2.24, 2.45) is 0 Å². The van der Waals surface area contributed by atoms with Crippen LogP contribution in [-0.4, -0.2) is 11.3 Å². The van der Waals surface area contributed by atoms with Crippen LogP contribution in [0.15, 0.2) is 273 Å². The Bertz CT molecular complexity index is 4660. The van der Waals surface area contributed by atoms with Crippen LogP contribution in [0.5, 0.6) is 0 Å². The molecule has 4 aliphatic rings. The molecule has 1 spiro atoms. The van der Waals surface area contributed by atoms with Crippen molar-refractivity contribution in [2.75, 3.05) is 9.80 Å². The average molecular weight is 1030 g/mol. The Morgan fingerprint density at radius 2 is 0.852 bits per heavy atom. The normalized spacial score (nSPS) is 13.9.